The van der Waals surface area contributed by atoms with Gasteiger partial charge in [-0.05, 0) is 13.0 Å². The van der Waals surface area contributed by atoms with Gasteiger partial charge in [0.25, 0.3) is 11.4 Å². The maximum absolute atomic E-state index is 12.9. The van der Waals surface area contributed by atoms with E-state index >= 15 is 0 Å². The summed E-state index contributed by atoms with van der Waals surface area (Å²) in [7, 11) is 0. The quantitative estimate of drug-likeness (QED) is 0.261. The molecule has 1 aliphatic heterocycles. The van der Waals surface area contributed by atoms with Gasteiger partial charge in [0, 0.05) is 51.4 Å². The molecule has 0 atom stereocenters. The summed E-state index contributed by atoms with van der Waals surface area (Å²) in [5.74, 6) is -0.464. The first kappa shape index (κ1) is 22.6. The third kappa shape index (κ3) is 5.10. The van der Waals surface area contributed by atoms with Crippen molar-refractivity contribution < 1.29 is 28.9 Å². The van der Waals surface area contributed by atoms with E-state index in [1.807, 2.05) is 12.3 Å². The third-order valence-corrected chi connectivity index (χ3v) is 6.66. The number of nitro benzene ring substituents is 2. The first-order chi connectivity index (χ1) is 15.8. The molecule has 0 bridgehead atoms. The number of fused-ring (bicyclic) bond motifs is 1. The van der Waals surface area contributed by atoms with E-state index < -0.39 is 15.8 Å². The molecule has 0 radical (unpaired) electrons. The molecule has 0 aliphatic carbocycles. The van der Waals surface area contributed by atoms with E-state index in [4.69, 9.17) is 14.2 Å². The summed E-state index contributed by atoms with van der Waals surface area (Å²) >= 11 is 2.57. The number of non-ortho nitro benzene ring substituents is 2. The molecule has 11 nitrogen and oxygen atoms in total. The maximum atomic E-state index is 12.9. The topological polar surface area (TPSA) is 144 Å². The van der Waals surface area contributed by atoms with Crippen molar-refractivity contribution in [1.29, 1.82) is 0 Å². The highest BCUT2D eigenvalue weighted by atomic mass is 32.2. The van der Waals surface area contributed by atoms with Gasteiger partial charge >= 0.3 is 5.97 Å². The molecule has 0 unspecified atom stereocenters. The number of thiazole rings is 1. The summed E-state index contributed by atoms with van der Waals surface area (Å²) in [5.41, 5.74) is 1.10. The number of nitrogens with zero attached hydrogens (tertiary/aromatic N) is 3. The first-order valence-corrected chi connectivity index (χ1v) is 11.1. The lowest BCUT2D eigenvalue weighted by molar-refractivity contribution is -0.385. The van der Waals surface area contributed by atoms with Gasteiger partial charge in [-0.15, -0.1) is 11.3 Å². The molecule has 1 aromatic heterocycles. The first-order valence-electron chi connectivity index (χ1n) is 9.38. The molecule has 3 aromatic rings. The zero-order chi connectivity index (χ0) is 23.5. The molecule has 0 N–H and O–H groups in total. The Morgan fingerprint density at radius 2 is 2.00 bits per heavy atom. The van der Waals surface area contributed by atoms with E-state index in [2.05, 4.69) is 4.98 Å². The molecule has 2 heterocycles. The van der Waals surface area contributed by atoms with Crippen LogP contribution in [0.3, 0.4) is 0 Å². The van der Waals surface area contributed by atoms with Gasteiger partial charge in [-0.25, -0.2) is 9.78 Å². The fourth-order valence-electron chi connectivity index (χ4n) is 3.07. The SMILES string of the molecule is Cc1csc(Sc2ccc([N+](=O)[O-])cc2C(=O)OCc2cc([N+](=O)[O-])cc3c2OCOC3)n1. The van der Waals surface area contributed by atoms with E-state index in [1.165, 1.54) is 47.4 Å². The minimum Gasteiger partial charge on any atom is -0.467 e. The minimum atomic E-state index is -0.818. The van der Waals surface area contributed by atoms with Gasteiger partial charge in [0.1, 0.15) is 12.4 Å². The smallest absolute Gasteiger partial charge is 0.339 e. The molecule has 0 saturated heterocycles. The second-order valence-electron chi connectivity index (χ2n) is 6.83. The molecule has 4 rings (SSSR count). The molecule has 0 fully saturated rings. The normalized spacial score (nSPS) is 12.5. The summed E-state index contributed by atoms with van der Waals surface area (Å²) < 4.78 is 16.7. The summed E-state index contributed by atoms with van der Waals surface area (Å²) in [6.07, 6.45) is 0. The van der Waals surface area contributed by atoms with Gasteiger partial charge in [0.05, 0.1) is 22.0 Å². The standard InChI is InChI=1S/C20H15N3O8S2/c1-11-9-32-20(21-11)33-17-3-2-14(22(25)26)6-16(17)19(24)30-8-13-5-15(23(27)28)4-12-7-29-10-31-18(12)13/h2-6,9H,7-8,10H2,1H3. The summed E-state index contributed by atoms with van der Waals surface area (Å²) in [4.78, 5) is 39.0. The predicted octanol–water partition coefficient (Wildman–Crippen LogP) is 4.64. The largest absolute Gasteiger partial charge is 0.467 e. The molecule has 0 spiro atoms. The average Bonchev–Trinajstić information content (AvgIpc) is 3.21. The second-order valence-corrected chi connectivity index (χ2v) is 8.98. The highest BCUT2D eigenvalue weighted by molar-refractivity contribution is 8.01. The second kappa shape index (κ2) is 9.52. The Bertz CT molecular complexity index is 1260. The van der Waals surface area contributed by atoms with Crippen molar-refractivity contribution in [3.05, 3.63) is 78.3 Å². The van der Waals surface area contributed by atoms with Gasteiger partial charge in [0.2, 0.25) is 0 Å². The van der Waals surface area contributed by atoms with Crippen molar-refractivity contribution in [2.75, 3.05) is 6.79 Å². The van der Waals surface area contributed by atoms with Crippen LogP contribution in [0.4, 0.5) is 11.4 Å². The molecule has 2 aromatic carbocycles. The van der Waals surface area contributed by atoms with E-state index in [-0.39, 0.29) is 36.9 Å². The molecule has 1 aliphatic rings. The lowest BCUT2D eigenvalue weighted by Crippen LogP contribution is -2.15. The van der Waals surface area contributed by atoms with E-state index in [1.54, 1.807) is 0 Å². The van der Waals surface area contributed by atoms with Crippen LogP contribution in [0.25, 0.3) is 0 Å². The van der Waals surface area contributed by atoms with Crippen molar-refractivity contribution in [3.63, 3.8) is 0 Å². The van der Waals surface area contributed by atoms with Gasteiger partial charge in [-0.3, -0.25) is 20.2 Å². The van der Waals surface area contributed by atoms with E-state index in [0.29, 0.717) is 26.1 Å². The number of aromatic nitrogens is 1. The lowest BCUT2D eigenvalue weighted by Gasteiger charge is -2.20. The molecule has 0 saturated carbocycles. The monoisotopic (exact) mass is 489 g/mol. The fraction of sp³-hybridized carbons (Fsp3) is 0.200. The van der Waals surface area contributed by atoms with Crippen LogP contribution in [-0.2, 0) is 22.7 Å². The Kier molecular flexibility index (Phi) is 6.53. The lowest BCUT2D eigenvalue weighted by atomic mass is 10.1. The Hall–Kier alpha value is -3.55. The number of esters is 1. The number of ether oxygens (including phenoxy) is 3. The van der Waals surface area contributed by atoms with Gasteiger partial charge < -0.3 is 14.2 Å². The number of hydrogen-bond donors (Lipinski definition) is 0. The highest BCUT2D eigenvalue weighted by Crippen LogP contribution is 2.36. The van der Waals surface area contributed by atoms with Crippen molar-refractivity contribution >= 4 is 40.4 Å². The molecular weight excluding hydrogens is 474 g/mol. The Morgan fingerprint density at radius 3 is 2.70 bits per heavy atom. The van der Waals surface area contributed by atoms with Crippen molar-refractivity contribution in [2.45, 2.75) is 29.4 Å². The molecule has 33 heavy (non-hydrogen) atoms. The number of carbonyl (C=O) groups is 1. The van der Waals surface area contributed by atoms with Crippen LogP contribution in [-0.4, -0.2) is 27.6 Å². The Balaban J connectivity index is 1.62. The van der Waals surface area contributed by atoms with Crippen molar-refractivity contribution in [3.8, 4) is 5.75 Å². The van der Waals surface area contributed by atoms with Crippen molar-refractivity contribution in [2.24, 2.45) is 0 Å². The minimum absolute atomic E-state index is 0.00870. The van der Waals surface area contributed by atoms with Crippen molar-refractivity contribution in [1.82, 2.24) is 4.98 Å². The molecule has 13 heteroatoms. The summed E-state index contributed by atoms with van der Waals surface area (Å²) in [6, 6.07) is 6.50. The molecule has 0 amide bonds. The highest BCUT2D eigenvalue weighted by Gasteiger charge is 2.24. The summed E-state index contributed by atoms with van der Waals surface area (Å²) in [6.45, 7) is 1.59. The van der Waals surface area contributed by atoms with Gasteiger partial charge in [-0.1, -0.05) is 11.8 Å². The number of nitro groups is 2. The van der Waals surface area contributed by atoms with Crippen LogP contribution < -0.4 is 4.74 Å². The fourth-order valence-corrected chi connectivity index (χ4v) is 4.96. The predicted molar refractivity (Wildman–Crippen MR) is 117 cm³/mol. The Labute approximate surface area is 194 Å². The van der Waals surface area contributed by atoms with Gasteiger partial charge in [0.15, 0.2) is 11.1 Å². The zero-order valence-electron chi connectivity index (χ0n) is 17.0. The third-order valence-electron chi connectivity index (χ3n) is 4.53. The van der Waals surface area contributed by atoms with Crippen LogP contribution in [0.15, 0.2) is 44.9 Å². The van der Waals surface area contributed by atoms with Crippen LogP contribution >= 0.6 is 23.1 Å². The number of carbonyl (C=O) groups excluding carboxylic acids is 1. The number of aryl methyl sites for hydroxylation is 1. The number of hydrogen-bond acceptors (Lipinski definition) is 11. The molecular formula is C20H15N3O8S2. The average molecular weight is 489 g/mol. The van der Waals surface area contributed by atoms with E-state index in [0.717, 1.165) is 11.8 Å². The van der Waals surface area contributed by atoms with Crippen LogP contribution in [0.1, 0.15) is 27.2 Å². The summed E-state index contributed by atoms with van der Waals surface area (Å²) in [5, 5.41) is 24.3. The number of benzene rings is 2. The van der Waals surface area contributed by atoms with Crippen LogP contribution in [0.5, 0.6) is 5.75 Å². The molecule has 170 valence electrons. The van der Waals surface area contributed by atoms with E-state index in [9.17, 15) is 25.0 Å². The van der Waals surface area contributed by atoms with Gasteiger partial charge in [-0.2, -0.15) is 0 Å². The van der Waals surface area contributed by atoms with Crippen LogP contribution in [0.2, 0.25) is 0 Å². The zero-order valence-corrected chi connectivity index (χ0v) is 18.6. The number of rotatable bonds is 7. The Morgan fingerprint density at radius 1 is 1.21 bits per heavy atom. The maximum Gasteiger partial charge on any atom is 0.339 e. The van der Waals surface area contributed by atoms with Crippen LogP contribution in [0, 0.1) is 27.2 Å².